The second-order valence-corrected chi connectivity index (χ2v) is 8.61. The summed E-state index contributed by atoms with van der Waals surface area (Å²) in [5.41, 5.74) is 3.53. The van der Waals surface area contributed by atoms with Gasteiger partial charge in [-0.3, -0.25) is 9.59 Å². The molecule has 1 aliphatic heterocycles. The molecule has 0 unspecified atom stereocenters. The fourth-order valence-electron chi connectivity index (χ4n) is 3.97. The fraction of sp³-hybridized carbons (Fsp3) is 0.478. The second kappa shape index (κ2) is 9.55. The van der Waals surface area contributed by atoms with E-state index in [1.807, 2.05) is 30.9 Å². The van der Waals surface area contributed by atoms with E-state index in [0.29, 0.717) is 6.54 Å². The van der Waals surface area contributed by atoms with Crippen LogP contribution in [0.3, 0.4) is 0 Å². The van der Waals surface area contributed by atoms with Gasteiger partial charge in [-0.25, -0.2) is 0 Å². The molecular weight excluding hydrogens is 384 g/mol. The molecule has 156 valence electrons. The summed E-state index contributed by atoms with van der Waals surface area (Å²) in [4.78, 5) is 31.0. The molecule has 0 N–H and O–H groups in total. The Balaban J connectivity index is 1.92. The van der Waals surface area contributed by atoms with Crippen LogP contribution in [0, 0.1) is 6.92 Å². The number of amides is 2. The smallest absolute Gasteiger partial charge is 0.249 e. The molecule has 0 radical (unpaired) electrons. The number of methoxy groups -OCH3 is 1. The molecule has 0 aliphatic carbocycles. The minimum atomic E-state index is -0.143. The van der Waals surface area contributed by atoms with Gasteiger partial charge in [-0.05, 0) is 54.8 Å². The summed E-state index contributed by atoms with van der Waals surface area (Å²) in [5, 5.41) is 2.11. The molecule has 0 saturated heterocycles. The molecule has 1 aromatic heterocycles. The standard InChI is InChI=1S/C23H30N2O3S/c1-5-17(3)25(22(27)15-28-4)14-21(26)24-12-10-20-19(11-13-29-20)23(24)18-9-7-6-8-16(18)2/h6-9,11,13,17,23H,5,10,12,14-15H2,1-4H3/t17-,23-/m0/s1. The van der Waals surface area contributed by atoms with Crippen LogP contribution in [0.5, 0.6) is 0 Å². The lowest BCUT2D eigenvalue weighted by molar-refractivity contribution is -0.145. The summed E-state index contributed by atoms with van der Waals surface area (Å²) in [6.45, 7) is 6.83. The third-order valence-electron chi connectivity index (χ3n) is 5.79. The van der Waals surface area contributed by atoms with E-state index >= 15 is 0 Å². The van der Waals surface area contributed by atoms with E-state index in [9.17, 15) is 9.59 Å². The number of nitrogens with zero attached hydrogens (tertiary/aromatic N) is 2. The van der Waals surface area contributed by atoms with Crippen LogP contribution in [0.25, 0.3) is 0 Å². The van der Waals surface area contributed by atoms with Crippen molar-refractivity contribution in [2.75, 3.05) is 26.8 Å². The van der Waals surface area contributed by atoms with Crippen LogP contribution in [0.4, 0.5) is 0 Å². The molecule has 2 aromatic rings. The quantitative estimate of drug-likeness (QED) is 0.692. The zero-order valence-electron chi connectivity index (χ0n) is 17.7. The van der Waals surface area contributed by atoms with E-state index in [2.05, 4.69) is 30.5 Å². The van der Waals surface area contributed by atoms with Crippen molar-refractivity contribution in [3.63, 3.8) is 0 Å². The van der Waals surface area contributed by atoms with Gasteiger partial charge >= 0.3 is 0 Å². The van der Waals surface area contributed by atoms with E-state index in [1.165, 1.54) is 23.1 Å². The van der Waals surface area contributed by atoms with Crippen molar-refractivity contribution in [3.05, 3.63) is 57.3 Å². The lowest BCUT2D eigenvalue weighted by Crippen LogP contribution is -2.50. The predicted octanol–water partition coefficient (Wildman–Crippen LogP) is 3.80. The maximum Gasteiger partial charge on any atom is 0.249 e. The van der Waals surface area contributed by atoms with Crippen LogP contribution in [0.15, 0.2) is 35.7 Å². The second-order valence-electron chi connectivity index (χ2n) is 7.61. The number of carbonyl (C=O) groups excluding carboxylic acids is 2. The van der Waals surface area contributed by atoms with E-state index in [-0.39, 0.29) is 37.0 Å². The molecule has 0 spiro atoms. The molecule has 2 amide bonds. The Hall–Kier alpha value is -2.18. The molecule has 2 heterocycles. The van der Waals surface area contributed by atoms with Gasteiger partial charge in [0.15, 0.2) is 0 Å². The monoisotopic (exact) mass is 414 g/mol. The number of carbonyl (C=O) groups is 2. The predicted molar refractivity (Wildman–Crippen MR) is 116 cm³/mol. The van der Waals surface area contributed by atoms with Gasteiger partial charge in [0.1, 0.15) is 13.2 Å². The van der Waals surface area contributed by atoms with Gasteiger partial charge in [-0.2, -0.15) is 0 Å². The zero-order valence-corrected chi connectivity index (χ0v) is 18.5. The first-order valence-corrected chi connectivity index (χ1v) is 11.1. The van der Waals surface area contributed by atoms with E-state index in [1.54, 1.807) is 16.2 Å². The number of hydrogen-bond donors (Lipinski definition) is 0. The van der Waals surface area contributed by atoms with E-state index in [0.717, 1.165) is 18.4 Å². The average Bonchev–Trinajstić information content (AvgIpc) is 3.20. The summed E-state index contributed by atoms with van der Waals surface area (Å²) < 4.78 is 5.03. The summed E-state index contributed by atoms with van der Waals surface area (Å²) in [6.07, 6.45) is 1.65. The minimum Gasteiger partial charge on any atom is -0.375 e. The van der Waals surface area contributed by atoms with Crippen molar-refractivity contribution >= 4 is 23.2 Å². The van der Waals surface area contributed by atoms with Crippen molar-refractivity contribution < 1.29 is 14.3 Å². The normalized spacial score (nSPS) is 17.0. The first kappa shape index (κ1) is 21.5. The summed E-state index contributed by atoms with van der Waals surface area (Å²) >= 11 is 1.76. The number of hydrogen-bond acceptors (Lipinski definition) is 4. The van der Waals surface area contributed by atoms with Crippen molar-refractivity contribution in [2.24, 2.45) is 0 Å². The van der Waals surface area contributed by atoms with Gasteiger partial charge in [-0.1, -0.05) is 31.2 Å². The Morgan fingerprint density at radius 1 is 1.28 bits per heavy atom. The summed E-state index contributed by atoms with van der Waals surface area (Å²) in [5.74, 6) is -0.157. The van der Waals surface area contributed by atoms with Gasteiger partial charge in [0.05, 0.1) is 6.04 Å². The molecular formula is C23H30N2O3S. The molecule has 0 saturated carbocycles. The topological polar surface area (TPSA) is 49.9 Å². The van der Waals surface area contributed by atoms with E-state index in [4.69, 9.17) is 4.74 Å². The number of aryl methyl sites for hydroxylation is 1. The number of fused-ring (bicyclic) bond motifs is 1. The Labute approximate surface area is 177 Å². The maximum atomic E-state index is 13.5. The van der Waals surface area contributed by atoms with Gasteiger partial charge in [0, 0.05) is 24.6 Å². The van der Waals surface area contributed by atoms with Gasteiger partial charge in [-0.15, -0.1) is 11.3 Å². The summed E-state index contributed by atoms with van der Waals surface area (Å²) in [6, 6.07) is 10.3. The highest BCUT2D eigenvalue weighted by Crippen LogP contribution is 2.39. The van der Waals surface area contributed by atoms with Crippen LogP contribution < -0.4 is 0 Å². The molecule has 2 atom stereocenters. The SMILES string of the molecule is CC[C@H](C)N(CC(=O)N1CCc2sccc2[C@@H]1c1ccccc1C)C(=O)COC. The largest absolute Gasteiger partial charge is 0.375 e. The van der Waals surface area contributed by atoms with Crippen molar-refractivity contribution in [2.45, 2.75) is 45.7 Å². The number of thiophene rings is 1. The first-order chi connectivity index (χ1) is 14.0. The molecule has 29 heavy (non-hydrogen) atoms. The third kappa shape index (κ3) is 4.54. The number of rotatable bonds is 7. The Morgan fingerprint density at radius 2 is 2.03 bits per heavy atom. The van der Waals surface area contributed by atoms with Crippen molar-refractivity contribution in [1.29, 1.82) is 0 Å². The highest BCUT2D eigenvalue weighted by atomic mass is 32.1. The van der Waals surface area contributed by atoms with Gasteiger partial charge in [0.25, 0.3) is 0 Å². The average molecular weight is 415 g/mol. The lowest BCUT2D eigenvalue weighted by atomic mass is 9.90. The van der Waals surface area contributed by atoms with Crippen LogP contribution in [-0.2, 0) is 20.7 Å². The molecule has 0 bridgehead atoms. The molecule has 1 aliphatic rings. The molecule has 1 aromatic carbocycles. The van der Waals surface area contributed by atoms with Gasteiger partial charge in [0.2, 0.25) is 11.8 Å². The molecule has 5 nitrogen and oxygen atoms in total. The number of ether oxygens (including phenoxy) is 1. The van der Waals surface area contributed by atoms with Crippen molar-refractivity contribution in [3.8, 4) is 0 Å². The summed E-state index contributed by atoms with van der Waals surface area (Å²) in [7, 11) is 1.51. The highest BCUT2D eigenvalue weighted by molar-refractivity contribution is 7.10. The van der Waals surface area contributed by atoms with Crippen LogP contribution >= 0.6 is 11.3 Å². The maximum absolute atomic E-state index is 13.5. The van der Waals surface area contributed by atoms with Crippen LogP contribution in [0.2, 0.25) is 0 Å². The Kier molecular flexibility index (Phi) is 7.09. The number of benzene rings is 1. The minimum absolute atomic E-state index is 0.00643. The van der Waals surface area contributed by atoms with Crippen LogP contribution in [0.1, 0.15) is 47.9 Å². The molecule has 0 fully saturated rings. The third-order valence-corrected chi connectivity index (χ3v) is 6.78. The zero-order chi connectivity index (χ0) is 21.0. The highest BCUT2D eigenvalue weighted by Gasteiger charge is 2.35. The molecule has 6 heteroatoms. The first-order valence-electron chi connectivity index (χ1n) is 10.2. The van der Waals surface area contributed by atoms with Crippen LogP contribution in [-0.4, -0.2) is 54.5 Å². The fourth-order valence-corrected chi connectivity index (χ4v) is 4.87. The molecule has 3 rings (SSSR count). The van der Waals surface area contributed by atoms with Crippen molar-refractivity contribution in [1.82, 2.24) is 9.80 Å². The van der Waals surface area contributed by atoms with E-state index < -0.39 is 0 Å². The van der Waals surface area contributed by atoms with Gasteiger partial charge < -0.3 is 14.5 Å². The Morgan fingerprint density at radius 3 is 2.72 bits per heavy atom. The Bertz CT molecular complexity index is 863. The lowest BCUT2D eigenvalue weighted by Gasteiger charge is -2.39.